The Hall–Kier alpha value is -2.47. The number of thiophene rings is 1. The molecule has 0 saturated heterocycles. The molecule has 0 saturated carbocycles. The standard InChI is InChI=1S/C14H9FN2O2S/c15-13-9(14(18)19)4-6-11-12(13)10(16-17-11)5-3-8-2-1-7-20-8/h1-7H,(H,16,17)(H,18,19). The largest absolute Gasteiger partial charge is 0.478 e. The zero-order valence-electron chi connectivity index (χ0n) is 10.1. The SMILES string of the molecule is O=C(O)c1ccc2n[nH]c(C=Cc3cccs3)c2c1F. The molecule has 0 atom stereocenters. The smallest absolute Gasteiger partial charge is 0.338 e. The third kappa shape index (κ3) is 2.10. The first-order valence-corrected chi connectivity index (χ1v) is 6.66. The number of aromatic nitrogens is 2. The predicted molar refractivity (Wildman–Crippen MR) is 76.3 cm³/mol. The van der Waals surface area contributed by atoms with E-state index in [-0.39, 0.29) is 10.9 Å². The van der Waals surface area contributed by atoms with Gasteiger partial charge in [0, 0.05) is 4.88 Å². The molecule has 0 spiro atoms. The average Bonchev–Trinajstić information content (AvgIpc) is 3.05. The number of nitrogens with zero attached hydrogens (tertiary/aromatic N) is 1. The van der Waals surface area contributed by atoms with Crippen molar-refractivity contribution in [1.29, 1.82) is 0 Å². The molecule has 2 aromatic heterocycles. The van der Waals surface area contributed by atoms with Crippen LogP contribution in [0.5, 0.6) is 0 Å². The fraction of sp³-hybridized carbons (Fsp3) is 0. The maximum absolute atomic E-state index is 14.2. The minimum Gasteiger partial charge on any atom is -0.478 e. The number of benzene rings is 1. The van der Waals surface area contributed by atoms with E-state index in [0.29, 0.717) is 11.2 Å². The number of aromatic carboxylic acids is 1. The molecule has 0 aliphatic carbocycles. The molecular weight excluding hydrogens is 279 g/mol. The van der Waals surface area contributed by atoms with Gasteiger partial charge < -0.3 is 5.11 Å². The van der Waals surface area contributed by atoms with E-state index in [2.05, 4.69) is 10.2 Å². The van der Waals surface area contributed by atoms with Gasteiger partial charge in [0.2, 0.25) is 0 Å². The minimum atomic E-state index is -1.29. The zero-order valence-corrected chi connectivity index (χ0v) is 10.9. The van der Waals surface area contributed by atoms with Gasteiger partial charge in [0.25, 0.3) is 0 Å². The maximum atomic E-state index is 14.2. The van der Waals surface area contributed by atoms with Crippen molar-refractivity contribution in [2.75, 3.05) is 0 Å². The van der Waals surface area contributed by atoms with E-state index in [1.165, 1.54) is 12.1 Å². The van der Waals surface area contributed by atoms with Crippen molar-refractivity contribution in [1.82, 2.24) is 10.2 Å². The number of fused-ring (bicyclic) bond motifs is 1. The van der Waals surface area contributed by atoms with Crippen LogP contribution in [0.1, 0.15) is 20.9 Å². The quantitative estimate of drug-likeness (QED) is 0.773. The van der Waals surface area contributed by atoms with Gasteiger partial charge in [0.15, 0.2) is 0 Å². The normalized spacial score (nSPS) is 11.4. The van der Waals surface area contributed by atoms with Crippen LogP contribution in [-0.2, 0) is 0 Å². The summed E-state index contributed by atoms with van der Waals surface area (Å²) in [5.74, 6) is -2.06. The van der Waals surface area contributed by atoms with Gasteiger partial charge in [-0.15, -0.1) is 11.3 Å². The summed E-state index contributed by atoms with van der Waals surface area (Å²) in [5, 5.41) is 17.8. The molecule has 3 aromatic rings. The van der Waals surface area contributed by atoms with E-state index >= 15 is 0 Å². The Morgan fingerprint density at radius 3 is 2.90 bits per heavy atom. The second-order valence-corrected chi connectivity index (χ2v) is 5.09. The summed E-state index contributed by atoms with van der Waals surface area (Å²) in [4.78, 5) is 12.0. The summed E-state index contributed by atoms with van der Waals surface area (Å²) in [6.45, 7) is 0. The van der Waals surface area contributed by atoms with Crippen LogP contribution >= 0.6 is 11.3 Å². The van der Waals surface area contributed by atoms with Crippen LogP contribution in [0, 0.1) is 5.82 Å². The Kier molecular flexibility index (Phi) is 3.08. The monoisotopic (exact) mass is 288 g/mol. The number of nitrogens with one attached hydrogen (secondary N) is 1. The second-order valence-electron chi connectivity index (χ2n) is 4.11. The van der Waals surface area contributed by atoms with Crippen molar-refractivity contribution in [2.45, 2.75) is 0 Å². The predicted octanol–water partition coefficient (Wildman–Crippen LogP) is 3.63. The summed E-state index contributed by atoms with van der Waals surface area (Å²) in [6, 6.07) is 6.55. The molecular formula is C14H9FN2O2S. The molecule has 0 bridgehead atoms. The molecule has 0 unspecified atom stereocenters. The number of aromatic amines is 1. The molecule has 3 rings (SSSR count). The van der Waals surface area contributed by atoms with Gasteiger partial charge in [-0.2, -0.15) is 5.10 Å². The van der Waals surface area contributed by atoms with Crippen molar-refractivity contribution in [3.05, 3.63) is 51.6 Å². The molecule has 20 heavy (non-hydrogen) atoms. The third-order valence-corrected chi connectivity index (χ3v) is 3.71. The molecule has 1 aromatic carbocycles. The fourth-order valence-electron chi connectivity index (χ4n) is 1.93. The minimum absolute atomic E-state index is 0.192. The summed E-state index contributed by atoms with van der Waals surface area (Å²) < 4.78 is 14.2. The molecule has 0 amide bonds. The van der Waals surface area contributed by atoms with Crippen molar-refractivity contribution >= 4 is 40.4 Å². The molecule has 0 aliphatic rings. The van der Waals surface area contributed by atoms with Crippen molar-refractivity contribution in [2.24, 2.45) is 0 Å². The first kappa shape index (κ1) is 12.6. The van der Waals surface area contributed by atoms with Crippen LogP contribution in [0.15, 0.2) is 29.6 Å². The van der Waals surface area contributed by atoms with Crippen LogP contribution in [-0.4, -0.2) is 21.3 Å². The molecule has 2 N–H and O–H groups in total. The zero-order chi connectivity index (χ0) is 14.1. The highest BCUT2D eigenvalue weighted by atomic mass is 32.1. The Morgan fingerprint density at radius 2 is 2.20 bits per heavy atom. The maximum Gasteiger partial charge on any atom is 0.338 e. The van der Waals surface area contributed by atoms with E-state index in [1.54, 1.807) is 17.4 Å². The number of carboxylic acid groups (broad SMARTS) is 1. The van der Waals surface area contributed by atoms with Gasteiger partial charge in [-0.05, 0) is 35.7 Å². The molecule has 2 heterocycles. The highest BCUT2D eigenvalue weighted by Crippen LogP contribution is 2.24. The van der Waals surface area contributed by atoms with E-state index in [0.717, 1.165) is 4.88 Å². The van der Waals surface area contributed by atoms with E-state index < -0.39 is 11.8 Å². The van der Waals surface area contributed by atoms with Crippen LogP contribution in [0.25, 0.3) is 23.1 Å². The van der Waals surface area contributed by atoms with E-state index in [4.69, 9.17) is 5.11 Å². The number of hydrogen-bond acceptors (Lipinski definition) is 3. The number of rotatable bonds is 3. The lowest BCUT2D eigenvalue weighted by Crippen LogP contribution is -2.00. The Labute approximate surface area is 117 Å². The first-order valence-electron chi connectivity index (χ1n) is 5.78. The van der Waals surface area contributed by atoms with Gasteiger partial charge in [-0.1, -0.05) is 6.07 Å². The van der Waals surface area contributed by atoms with Crippen LogP contribution in [0.4, 0.5) is 4.39 Å². The lowest BCUT2D eigenvalue weighted by Gasteiger charge is -1.98. The van der Waals surface area contributed by atoms with Crippen molar-refractivity contribution in [3.63, 3.8) is 0 Å². The summed E-state index contributed by atoms with van der Waals surface area (Å²) in [6.07, 6.45) is 3.51. The number of carbonyl (C=O) groups is 1. The van der Waals surface area contributed by atoms with Gasteiger partial charge in [-0.3, -0.25) is 5.10 Å². The summed E-state index contributed by atoms with van der Waals surface area (Å²) in [7, 11) is 0. The van der Waals surface area contributed by atoms with Crippen molar-refractivity contribution < 1.29 is 14.3 Å². The Bertz CT molecular complexity index is 806. The number of carboxylic acids is 1. The average molecular weight is 288 g/mol. The number of hydrogen-bond donors (Lipinski definition) is 2. The van der Waals surface area contributed by atoms with E-state index in [9.17, 15) is 9.18 Å². The van der Waals surface area contributed by atoms with E-state index in [1.807, 2.05) is 23.6 Å². The van der Waals surface area contributed by atoms with Gasteiger partial charge in [-0.25, -0.2) is 9.18 Å². The number of halogens is 1. The molecule has 0 radical (unpaired) electrons. The molecule has 100 valence electrons. The van der Waals surface area contributed by atoms with Crippen LogP contribution in [0.3, 0.4) is 0 Å². The topological polar surface area (TPSA) is 66.0 Å². The molecule has 4 nitrogen and oxygen atoms in total. The fourth-order valence-corrected chi connectivity index (χ4v) is 2.55. The van der Waals surface area contributed by atoms with Gasteiger partial charge in [0.1, 0.15) is 5.82 Å². The first-order chi connectivity index (χ1) is 9.66. The molecule has 0 aliphatic heterocycles. The highest BCUT2D eigenvalue weighted by molar-refractivity contribution is 7.10. The summed E-state index contributed by atoms with van der Waals surface area (Å²) >= 11 is 1.55. The highest BCUT2D eigenvalue weighted by Gasteiger charge is 2.17. The van der Waals surface area contributed by atoms with Crippen LogP contribution < -0.4 is 0 Å². The third-order valence-electron chi connectivity index (χ3n) is 2.87. The Morgan fingerprint density at radius 1 is 1.35 bits per heavy atom. The molecule has 6 heteroatoms. The lowest BCUT2D eigenvalue weighted by atomic mass is 10.1. The molecule has 0 fully saturated rings. The Balaban J connectivity index is 2.12. The van der Waals surface area contributed by atoms with Crippen molar-refractivity contribution in [3.8, 4) is 0 Å². The summed E-state index contributed by atoms with van der Waals surface area (Å²) in [5.41, 5.74) is 0.497. The van der Waals surface area contributed by atoms with Gasteiger partial charge >= 0.3 is 5.97 Å². The van der Waals surface area contributed by atoms with Crippen LogP contribution in [0.2, 0.25) is 0 Å². The number of H-pyrrole nitrogens is 1. The van der Waals surface area contributed by atoms with Gasteiger partial charge in [0.05, 0.1) is 22.2 Å². The second kappa shape index (κ2) is 4.90. The lowest BCUT2D eigenvalue weighted by molar-refractivity contribution is 0.0692.